The van der Waals surface area contributed by atoms with E-state index in [9.17, 15) is 14.0 Å². The minimum Gasteiger partial charge on any atom is -0.336 e. The molecule has 1 amide bonds. The Hall–Kier alpha value is -2.28. The van der Waals surface area contributed by atoms with Crippen molar-refractivity contribution in [2.75, 3.05) is 26.2 Å². The minimum absolute atomic E-state index is 0.0343. The number of rotatable bonds is 5. The summed E-state index contributed by atoms with van der Waals surface area (Å²) in [4.78, 5) is 29.4. The Kier molecular flexibility index (Phi) is 6.01. The van der Waals surface area contributed by atoms with E-state index < -0.39 is 11.9 Å². The minimum atomic E-state index is -0.534. The van der Waals surface area contributed by atoms with Gasteiger partial charge < -0.3 is 10.2 Å². The number of Topliss-reactive ketones (excluding diaryl/α,β-unsaturated/α-hetero) is 1. The average Bonchev–Trinajstić information content (AvgIpc) is 2.78. The van der Waals surface area contributed by atoms with Crippen molar-refractivity contribution in [3.63, 3.8) is 0 Å². The highest BCUT2D eigenvalue weighted by molar-refractivity contribution is 6.31. The van der Waals surface area contributed by atoms with Crippen LogP contribution in [0.15, 0.2) is 36.4 Å². The van der Waals surface area contributed by atoms with E-state index in [2.05, 4.69) is 22.3 Å². The summed E-state index contributed by atoms with van der Waals surface area (Å²) in [5.41, 5.74) is 3.58. The fraction of sp³-hybridized carbons (Fsp3) is 0.440. The first-order chi connectivity index (χ1) is 15.5. The number of ketones is 1. The zero-order chi connectivity index (χ0) is 22.2. The van der Waals surface area contributed by atoms with Gasteiger partial charge in [-0.15, -0.1) is 0 Å². The maximum Gasteiger partial charge on any atom is 0.210 e. The number of nitrogens with zero attached hydrogens (tertiary/aromatic N) is 2. The standard InChI is InChI=1S/C25H27ClFN3O2/c26-21-13-18(5-7-22(21)27)25(32)24-20-6-4-17(12-16(20)8-9-28-24)23-14-29(19-2-1-3-19)10-11-30(23)15-31/h4-7,12-13,15,19,23-24,28H,1-3,8-11,14H2. The first kappa shape index (κ1) is 21.6. The second-order valence-electron chi connectivity index (χ2n) is 9.03. The molecule has 2 fully saturated rings. The fourth-order valence-corrected chi connectivity index (χ4v) is 5.35. The van der Waals surface area contributed by atoms with Gasteiger partial charge in [0.25, 0.3) is 0 Å². The van der Waals surface area contributed by atoms with Crippen LogP contribution in [0, 0.1) is 5.82 Å². The van der Waals surface area contributed by atoms with E-state index in [0.717, 1.165) is 49.2 Å². The lowest BCUT2D eigenvalue weighted by Gasteiger charge is -2.46. The van der Waals surface area contributed by atoms with Crippen LogP contribution in [0.2, 0.25) is 5.02 Å². The Morgan fingerprint density at radius 1 is 1.16 bits per heavy atom. The van der Waals surface area contributed by atoms with Crippen molar-refractivity contribution in [2.24, 2.45) is 0 Å². The molecule has 32 heavy (non-hydrogen) atoms. The SMILES string of the molecule is O=CN1CCN(C2CCC2)CC1c1ccc2c(c1)CCNC2C(=O)c1ccc(F)c(Cl)c1. The van der Waals surface area contributed by atoms with Gasteiger partial charge in [-0.05, 0) is 54.2 Å². The van der Waals surface area contributed by atoms with E-state index >= 15 is 0 Å². The van der Waals surface area contributed by atoms with E-state index in [1.165, 1.54) is 37.5 Å². The molecule has 2 atom stereocenters. The molecule has 0 spiro atoms. The van der Waals surface area contributed by atoms with Crippen LogP contribution in [-0.4, -0.2) is 54.2 Å². The molecule has 1 aliphatic carbocycles. The molecule has 0 aromatic heterocycles. The van der Waals surface area contributed by atoms with Gasteiger partial charge >= 0.3 is 0 Å². The van der Waals surface area contributed by atoms with Crippen LogP contribution in [-0.2, 0) is 11.2 Å². The van der Waals surface area contributed by atoms with Gasteiger partial charge in [-0.2, -0.15) is 0 Å². The highest BCUT2D eigenvalue weighted by Gasteiger charge is 2.34. The van der Waals surface area contributed by atoms with Crippen LogP contribution >= 0.6 is 11.6 Å². The molecule has 1 saturated carbocycles. The van der Waals surface area contributed by atoms with Gasteiger partial charge in [0.1, 0.15) is 5.82 Å². The fourth-order valence-electron chi connectivity index (χ4n) is 5.17. The lowest BCUT2D eigenvalue weighted by molar-refractivity contribution is -0.123. The highest BCUT2D eigenvalue weighted by atomic mass is 35.5. The largest absolute Gasteiger partial charge is 0.336 e. The van der Waals surface area contributed by atoms with Gasteiger partial charge in [0.2, 0.25) is 6.41 Å². The van der Waals surface area contributed by atoms with Gasteiger partial charge in [-0.25, -0.2) is 4.39 Å². The number of halogens is 2. The summed E-state index contributed by atoms with van der Waals surface area (Å²) in [6.45, 7) is 3.22. The maximum absolute atomic E-state index is 13.5. The number of carbonyl (C=O) groups is 2. The van der Waals surface area contributed by atoms with Crippen LogP contribution in [0.5, 0.6) is 0 Å². The molecule has 0 bridgehead atoms. The van der Waals surface area contributed by atoms with E-state index in [1.807, 2.05) is 11.0 Å². The van der Waals surface area contributed by atoms with E-state index in [0.29, 0.717) is 18.2 Å². The van der Waals surface area contributed by atoms with Crippen LogP contribution < -0.4 is 5.32 Å². The molecule has 2 heterocycles. The van der Waals surface area contributed by atoms with E-state index in [1.54, 1.807) is 0 Å². The number of carbonyl (C=O) groups excluding carboxylic acids is 2. The van der Waals surface area contributed by atoms with E-state index in [4.69, 9.17) is 11.6 Å². The molecule has 1 N–H and O–H groups in total. The lowest BCUT2D eigenvalue weighted by Crippen LogP contribution is -2.53. The van der Waals surface area contributed by atoms with Gasteiger partial charge in [-0.1, -0.05) is 36.2 Å². The zero-order valence-electron chi connectivity index (χ0n) is 17.9. The summed E-state index contributed by atoms with van der Waals surface area (Å²) in [6.07, 6.45) is 5.58. The Morgan fingerprint density at radius 3 is 2.72 bits per heavy atom. The summed E-state index contributed by atoms with van der Waals surface area (Å²) in [7, 11) is 0. The number of hydrogen-bond acceptors (Lipinski definition) is 4. The molecule has 2 aromatic carbocycles. The average molecular weight is 456 g/mol. The predicted molar refractivity (Wildman–Crippen MR) is 121 cm³/mol. The van der Waals surface area contributed by atoms with Gasteiger partial charge in [0.05, 0.1) is 17.1 Å². The molecule has 2 aromatic rings. The second-order valence-corrected chi connectivity index (χ2v) is 9.43. The van der Waals surface area contributed by atoms with Crippen LogP contribution in [0.3, 0.4) is 0 Å². The lowest BCUT2D eigenvalue weighted by atomic mass is 9.86. The number of amides is 1. The van der Waals surface area contributed by atoms with E-state index in [-0.39, 0.29) is 16.8 Å². The molecular formula is C25H27ClFN3O2. The maximum atomic E-state index is 13.5. The smallest absolute Gasteiger partial charge is 0.210 e. The number of benzene rings is 2. The number of fused-ring (bicyclic) bond motifs is 1. The van der Waals surface area contributed by atoms with Crippen molar-refractivity contribution in [1.29, 1.82) is 0 Å². The van der Waals surface area contributed by atoms with Crippen LogP contribution in [0.1, 0.15) is 58.4 Å². The first-order valence-electron chi connectivity index (χ1n) is 11.4. The molecule has 1 saturated heterocycles. The monoisotopic (exact) mass is 455 g/mol. The molecule has 2 aliphatic heterocycles. The second kappa shape index (κ2) is 8.93. The molecule has 3 aliphatic rings. The zero-order valence-corrected chi connectivity index (χ0v) is 18.7. The number of hydrogen-bond donors (Lipinski definition) is 1. The van der Waals surface area contributed by atoms with Crippen molar-refractivity contribution in [3.8, 4) is 0 Å². The highest BCUT2D eigenvalue weighted by Crippen LogP contribution is 2.34. The van der Waals surface area contributed by atoms with Crippen molar-refractivity contribution in [2.45, 2.75) is 43.8 Å². The molecule has 2 unspecified atom stereocenters. The topological polar surface area (TPSA) is 52.7 Å². The van der Waals surface area contributed by atoms with Crippen LogP contribution in [0.4, 0.5) is 4.39 Å². The number of nitrogens with one attached hydrogen (secondary N) is 1. The van der Waals surface area contributed by atoms with Crippen molar-refractivity contribution in [3.05, 3.63) is 69.5 Å². The summed E-state index contributed by atoms with van der Waals surface area (Å²) in [5, 5.41) is 3.25. The predicted octanol–water partition coefficient (Wildman–Crippen LogP) is 3.92. The quantitative estimate of drug-likeness (QED) is 0.548. The molecule has 7 heteroatoms. The molecular weight excluding hydrogens is 429 g/mol. The Bertz CT molecular complexity index is 1040. The van der Waals surface area contributed by atoms with Gasteiger partial charge in [0.15, 0.2) is 5.78 Å². The van der Waals surface area contributed by atoms with Gasteiger partial charge in [-0.3, -0.25) is 14.5 Å². The molecule has 5 nitrogen and oxygen atoms in total. The van der Waals surface area contributed by atoms with Crippen molar-refractivity contribution >= 4 is 23.8 Å². The Labute approximate surface area is 192 Å². The Balaban J connectivity index is 1.41. The van der Waals surface area contributed by atoms with Gasteiger partial charge in [0, 0.05) is 37.8 Å². The first-order valence-corrected chi connectivity index (χ1v) is 11.7. The summed E-state index contributed by atoms with van der Waals surface area (Å²) in [5.74, 6) is -0.656. The summed E-state index contributed by atoms with van der Waals surface area (Å²) >= 11 is 5.90. The van der Waals surface area contributed by atoms with Crippen LogP contribution in [0.25, 0.3) is 0 Å². The molecule has 5 rings (SSSR count). The molecule has 168 valence electrons. The number of piperazine rings is 1. The third kappa shape index (κ3) is 3.96. The summed E-state index contributed by atoms with van der Waals surface area (Å²) < 4.78 is 13.5. The summed E-state index contributed by atoms with van der Waals surface area (Å²) in [6, 6.07) is 10.5. The van der Waals surface area contributed by atoms with Crippen molar-refractivity contribution in [1.82, 2.24) is 15.1 Å². The normalized spacial score (nSPS) is 24.0. The van der Waals surface area contributed by atoms with Crippen molar-refractivity contribution < 1.29 is 14.0 Å². The Morgan fingerprint density at radius 2 is 2.00 bits per heavy atom. The third-order valence-electron chi connectivity index (χ3n) is 7.25. The third-order valence-corrected chi connectivity index (χ3v) is 7.54. The molecule has 0 radical (unpaired) electrons.